The van der Waals surface area contributed by atoms with Crippen LogP contribution in [0, 0.1) is 0 Å². The molecule has 0 spiro atoms. The number of likely N-dealkylation sites (N-methyl/N-ethyl adjacent to an activating group) is 1. The van der Waals surface area contributed by atoms with Gasteiger partial charge in [0.25, 0.3) is 0 Å². The van der Waals surface area contributed by atoms with Gasteiger partial charge in [0.05, 0.1) is 14.1 Å². The van der Waals surface area contributed by atoms with Crippen molar-refractivity contribution in [3.8, 4) is 5.75 Å². The molecule has 4 heteroatoms. The Morgan fingerprint density at radius 1 is 0.725 bits per heavy atom. The summed E-state index contributed by atoms with van der Waals surface area (Å²) in [6.07, 6.45) is 17.2. The number of carbonyl (C=O) groups is 1. The number of hydrogen-bond donors (Lipinski definition) is 0. The van der Waals surface area contributed by atoms with Crippen LogP contribution >= 0.6 is 0 Å². The number of nitrogens with zero attached hydrogens (tertiary/aromatic N) is 1. The molecule has 2 rings (SSSR count). The zero-order valence-electron chi connectivity index (χ0n) is 26.3. The van der Waals surface area contributed by atoms with E-state index in [1.165, 1.54) is 75.3 Å². The summed E-state index contributed by atoms with van der Waals surface area (Å²) in [4.78, 5) is 13.2. The van der Waals surface area contributed by atoms with Gasteiger partial charge in [-0.25, -0.2) is 4.79 Å². The third kappa shape index (κ3) is 13.4. The average Bonchev–Trinajstić information content (AvgIpc) is 2.95. The van der Waals surface area contributed by atoms with Crippen molar-refractivity contribution in [2.45, 2.75) is 129 Å². The van der Waals surface area contributed by atoms with Crippen molar-refractivity contribution in [3.63, 3.8) is 0 Å². The smallest absolute Gasteiger partial charge is 0.365 e. The van der Waals surface area contributed by atoms with Crippen LogP contribution in [0.15, 0.2) is 54.6 Å². The minimum atomic E-state index is -0.201. The summed E-state index contributed by atoms with van der Waals surface area (Å²) in [6, 6.07) is 18.7. The zero-order valence-corrected chi connectivity index (χ0v) is 26.3. The first-order valence-electron chi connectivity index (χ1n) is 16.2. The first kappa shape index (κ1) is 33.9. The SMILES string of the molecule is CCCCCCCCCCCCc1ccc(OC(CC)COC(=O)C(CCC)[N+](C)(C)Cc2ccccc2)cc1. The average molecular weight is 553 g/mol. The van der Waals surface area contributed by atoms with E-state index in [-0.39, 0.29) is 24.7 Å². The van der Waals surface area contributed by atoms with Crippen molar-refractivity contribution in [2.75, 3.05) is 20.7 Å². The molecule has 2 unspecified atom stereocenters. The molecule has 0 radical (unpaired) electrons. The van der Waals surface area contributed by atoms with Gasteiger partial charge < -0.3 is 14.0 Å². The Balaban J connectivity index is 1.74. The van der Waals surface area contributed by atoms with Gasteiger partial charge in [0, 0.05) is 12.0 Å². The normalized spacial score (nSPS) is 13.1. The molecule has 2 aromatic carbocycles. The predicted octanol–water partition coefficient (Wildman–Crippen LogP) is 9.30. The molecule has 0 fully saturated rings. The molecule has 2 atom stereocenters. The number of hydrogen-bond acceptors (Lipinski definition) is 3. The molecule has 0 aliphatic heterocycles. The Morgan fingerprint density at radius 3 is 1.90 bits per heavy atom. The highest BCUT2D eigenvalue weighted by Gasteiger charge is 2.36. The molecule has 0 amide bonds. The third-order valence-electron chi connectivity index (χ3n) is 8.02. The van der Waals surface area contributed by atoms with Gasteiger partial charge in [-0.05, 0) is 43.4 Å². The summed E-state index contributed by atoms with van der Waals surface area (Å²) in [7, 11) is 4.25. The second kappa shape index (κ2) is 19.7. The molecule has 40 heavy (non-hydrogen) atoms. The van der Waals surface area contributed by atoms with Gasteiger partial charge in [-0.1, -0.05) is 121 Å². The summed E-state index contributed by atoms with van der Waals surface area (Å²) in [5.74, 6) is 0.719. The van der Waals surface area contributed by atoms with Crippen LogP contribution in [-0.2, 0) is 22.5 Å². The van der Waals surface area contributed by atoms with Crippen molar-refractivity contribution >= 4 is 5.97 Å². The van der Waals surface area contributed by atoms with Crippen molar-refractivity contribution in [1.29, 1.82) is 0 Å². The Kier molecular flexibility index (Phi) is 16.7. The monoisotopic (exact) mass is 552 g/mol. The lowest BCUT2D eigenvalue weighted by Crippen LogP contribution is -2.53. The van der Waals surface area contributed by atoms with Gasteiger partial charge in [-0.3, -0.25) is 0 Å². The third-order valence-corrected chi connectivity index (χ3v) is 8.02. The van der Waals surface area contributed by atoms with Gasteiger partial charge in [0.15, 0.2) is 6.04 Å². The Hall–Kier alpha value is -2.33. The van der Waals surface area contributed by atoms with Crippen molar-refractivity contribution in [3.05, 3.63) is 65.7 Å². The van der Waals surface area contributed by atoms with E-state index >= 15 is 0 Å². The van der Waals surface area contributed by atoms with E-state index < -0.39 is 0 Å². The van der Waals surface area contributed by atoms with Gasteiger partial charge in [0.1, 0.15) is 25.0 Å². The minimum Gasteiger partial charge on any atom is -0.487 e. The number of rotatable bonds is 22. The second-order valence-electron chi connectivity index (χ2n) is 12.1. The van der Waals surface area contributed by atoms with E-state index in [0.717, 1.165) is 38.0 Å². The van der Waals surface area contributed by atoms with Crippen LogP contribution in [0.2, 0.25) is 0 Å². The Bertz CT molecular complexity index is 909. The largest absolute Gasteiger partial charge is 0.487 e. The molecule has 0 aromatic heterocycles. The van der Waals surface area contributed by atoms with Gasteiger partial charge in [-0.2, -0.15) is 0 Å². The first-order valence-corrected chi connectivity index (χ1v) is 16.2. The molecular formula is C36H58NO3+. The molecule has 0 saturated carbocycles. The highest BCUT2D eigenvalue weighted by atomic mass is 16.6. The van der Waals surface area contributed by atoms with E-state index in [1.54, 1.807) is 0 Å². The molecule has 0 N–H and O–H groups in total. The van der Waals surface area contributed by atoms with Crippen LogP contribution in [0.3, 0.4) is 0 Å². The number of quaternary nitrogens is 1. The van der Waals surface area contributed by atoms with Crippen molar-refractivity contribution < 1.29 is 18.8 Å². The number of aryl methyl sites for hydroxylation is 1. The molecule has 0 saturated heterocycles. The Morgan fingerprint density at radius 2 is 1.32 bits per heavy atom. The maximum absolute atomic E-state index is 13.2. The van der Waals surface area contributed by atoms with Crippen LogP contribution in [0.25, 0.3) is 0 Å². The summed E-state index contributed by atoms with van der Waals surface area (Å²) >= 11 is 0. The fraction of sp³-hybridized carbons (Fsp3) is 0.639. The molecule has 0 bridgehead atoms. The fourth-order valence-electron chi connectivity index (χ4n) is 5.44. The molecule has 224 valence electrons. The summed E-state index contributed by atoms with van der Waals surface area (Å²) in [5, 5.41) is 0. The highest BCUT2D eigenvalue weighted by molar-refractivity contribution is 5.74. The molecule has 2 aromatic rings. The molecule has 0 aliphatic carbocycles. The van der Waals surface area contributed by atoms with Crippen LogP contribution in [-0.4, -0.2) is 43.3 Å². The van der Waals surface area contributed by atoms with Crippen LogP contribution in [0.5, 0.6) is 5.75 Å². The fourth-order valence-corrected chi connectivity index (χ4v) is 5.44. The first-order chi connectivity index (χ1) is 19.4. The standard InChI is InChI=1S/C36H58NO3/c1-6-9-10-11-12-13-14-15-16-18-22-31-25-27-34(28-26-31)40-33(8-3)30-39-36(38)35(21-7-2)37(4,5)29-32-23-19-17-20-24-32/h17,19-20,23-28,33,35H,6-16,18,21-22,29-30H2,1-5H3/q+1. The number of carbonyl (C=O) groups excluding carboxylic acids is 1. The predicted molar refractivity (Wildman–Crippen MR) is 169 cm³/mol. The van der Waals surface area contributed by atoms with Gasteiger partial charge in [-0.15, -0.1) is 0 Å². The lowest BCUT2D eigenvalue weighted by Gasteiger charge is -2.36. The molecule has 0 aliphatic rings. The maximum Gasteiger partial charge on any atom is 0.365 e. The maximum atomic E-state index is 13.2. The summed E-state index contributed by atoms with van der Waals surface area (Å²) < 4.78 is 12.7. The van der Waals surface area contributed by atoms with Crippen molar-refractivity contribution in [2.24, 2.45) is 0 Å². The van der Waals surface area contributed by atoms with E-state index in [2.05, 4.69) is 83.4 Å². The zero-order chi connectivity index (χ0) is 29.1. The van der Waals surface area contributed by atoms with E-state index in [4.69, 9.17) is 9.47 Å². The van der Waals surface area contributed by atoms with E-state index in [9.17, 15) is 4.79 Å². The molecule has 4 nitrogen and oxygen atoms in total. The van der Waals surface area contributed by atoms with Crippen LogP contribution in [0.4, 0.5) is 0 Å². The van der Waals surface area contributed by atoms with E-state index in [1.807, 2.05) is 6.07 Å². The lowest BCUT2D eigenvalue weighted by atomic mass is 10.0. The van der Waals surface area contributed by atoms with Crippen molar-refractivity contribution in [1.82, 2.24) is 0 Å². The van der Waals surface area contributed by atoms with Crippen LogP contribution < -0.4 is 4.74 Å². The van der Waals surface area contributed by atoms with Gasteiger partial charge >= 0.3 is 5.97 Å². The Labute approximate surface area is 246 Å². The number of esters is 1. The van der Waals surface area contributed by atoms with Crippen LogP contribution in [0.1, 0.15) is 115 Å². The van der Waals surface area contributed by atoms with Gasteiger partial charge in [0.2, 0.25) is 0 Å². The minimum absolute atomic E-state index is 0.128. The number of unbranched alkanes of at least 4 members (excludes halogenated alkanes) is 9. The highest BCUT2D eigenvalue weighted by Crippen LogP contribution is 2.21. The lowest BCUT2D eigenvalue weighted by molar-refractivity contribution is -0.920. The quantitative estimate of drug-likeness (QED) is 0.0829. The number of benzene rings is 2. The number of ether oxygens (including phenoxy) is 2. The molecular weight excluding hydrogens is 494 g/mol. The van der Waals surface area contributed by atoms with E-state index in [0.29, 0.717) is 4.48 Å². The summed E-state index contributed by atoms with van der Waals surface area (Å²) in [5.41, 5.74) is 2.60. The molecule has 0 heterocycles. The summed E-state index contributed by atoms with van der Waals surface area (Å²) in [6.45, 7) is 7.55. The topological polar surface area (TPSA) is 35.5 Å². The second-order valence-corrected chi connectivity index (χ2v) is 12.1.